The van der Waals surface area contributed by atoms with Gasteiger partial charge in [-0.25, -0.2) is 4.98 Å². The molecule has 0 aliphatic carbocycles. The first-order valence-corrected chi connectivity index (χ1v) is 6.44. The average Bonchev–Trinajstić information content (AvgIpc) is 2.76. The normalized spacial score (nSPS) is 12.4. The van der Waals surface area contributed by atoms with E-state index >= 15 is 0 Å². The average molecular weight is 241 g/mol. The van der Waals surface area contributed by atoms with Crippen molar-refractivity contribution < 1.29 is 4.79 Å². The molecule has 1 heterocycles. The zero-order valence-electron chi connectivity index (χ0n) is 9.82. The van der Waals surface area contributed by atoms with Gasteiger partial charge in [0.15, 0.2) is 0 Å². The van der Waals surface area contributed by atoms with Gasteiger partial charge < -0.3 is 11.1 Å². The molecule has 1 unspecified atom stereocenters. The number of rotatable bonds is 6. The first kappa shape index (κ1) is 13.1. The summed E-state index contributed by atoms with van der Waals surface area (Å²) in [5, 5.41) is 3.82. The van der Waals surface area contributed by atoms with Gasteiger partial charge in [0.05, 0.1) is 6.54 Å². The van der Waals surface area contributed by atoms with Gasteiger partial charge in [-0.1, -0.05) is 13.8 Å². The Balaban J connectivity index is 2.41. The third-order valence-corrected chi connectivity index (χ3v) is 3.65. The summed E-state index contributed by atoms with van der Waals surface area (Å²) in [5.41, 5.74) is 5.50. The van der Waals surface area contributed by atoms with E-state index in [9.17, 15) is 4.79 Å². The van der Waals surface area contributed by atoms with Crippen LogP contribution in [0.15, 0.2) is 6.20 Å². The molecule has 0 spiro atoms. The largest absolute Gasteiger partial charge is 0.349 e. The van der Waals surface area contributed by atoms with E-state index in [1.807, 2.05) is 13.1 Å². The maximum absolute atomic E-state index is 11.6. The molecule has 1 amide bonds. The fourth-order valence-corrected chi connectivity index (χ4v) is 2.16. The number of carbonyl (C=O) groups excluding carboxylic acids is 1. The van der Waals surface area contributed by atoms with Crippen LogP contribution in [0.4, 0.5) is 0 Å². The van der Waals surface area contributed by atoms with Gasteiger partial charge in [0.1, 0.15) is 5.01 Å². The highest BCUT2D eigenvalue weighted by molar-refractivity contribution is 7.11. The molecule has 0 bridgehead atoms. The minimum absolute atomic E-state index is 0.0262. The first-order chi connectivity index (χ1) is 7.71. The maximum Gasteiger partial charge on any atom is 0.224 e. The summed E-state index contributed by atoms with van der Waals surface area (Å²) in [4.78, 5) is 17.1. The molecule has 90 valence electrons. The van der Waals surface area contributed by atoms with Crippen LogP contribution in [0.1, 0.15) is 30.2 Å². The second-order valence-electron chi connectivity index (χ2n) is 3.63. The molecular formula is C11H19N3OS. The second kappa shape index (κ2) is 6.60. The lowest BCUT2D eigenvalue weighted by Gasteiger charge is -2.11. The van der Waals surface area contributed by atoms with Crippen LogP contribution >= 0.6 is 11.3 Å². The Morgan fingerprint density at radius 1 is 1.62 bits per heavy atom. The summed E-state index contributed by atoms with van der Waals surface area (Å²) in [7, 11) is 0. The Hall–Kier alpha value is -0.940. The lowest BCUT2D eigenvalue weighted by atomic mass is 10.1. The lowest BCUT2D eigenvalue weighted by Crippen LogP contribution is -2.34. The summed E-state index contributed by atoms with van der Waals surface area (Å²) < 4.78 is 0. The topological polar surface area (TPSA) is 68.0 Å². The molecule has 0 aliphatic heterocycles. The fourth-order valence-electron chi connectivity index (χ4n) is 1.36. The van der Waals surface area contributed by atoms with E-state index in [0.717, 1.165) is 17.8 Å². The quantitative estimate of drug-likeness (QED) is 0.789. The Bertz CT molecular complexity index is 334. The summed E-state index contributed by atoms with van der Waals surface area (Å²) in [6.07, 6.45) is 3.64. The number of amides is 1. The van der Waals surface area contributed by atoms with Gasteiger partial charge in [0, 0.05) is 23.5 Å². The van der Waals surface area contributed by atoms with Crippen LogP contribution in [0.2, 0.25) is 0 Å². The number of carbonyl (C=O) groups is 1. The Morgan fingerprint density at radius 3 is 2.88 bits per heavy atom. The predicted molar refractivity (Wildman–Crippen MR) is 66.2 cm³/mol. The first-order valence-electron chi connectivity index (χ1n) is 5.62. The molecule has 5 heteroatoms. The third-order valence-electron chi connectivity index (χ3n) is 2.51. The Kier molecular flexibility index (Phi) is 5.42. The Labute approximate surface area is 100 Å². The van der Waals surface area contributed by atoms with Gasteiger partial charge in [-0.3, -0.25) is 4.79 Å². The molecule has 0 saturated carbocycles. The van der Waals surface area contributed by atoms with Crippen molar-refractivity contribution in [2.24, 2.45) is 11.7 Å². The van der Waals surface area contributed by atoms with Gasteiger partial charge in [-0.05, 0) is 12.8 Å². The van der Waals surface area contributed by atoms with Gasteiger partial charge in [-0.2, -0.15) is 0 Å². The zero-order chi connectivity index (χ0) is 12.0. The number of hydrogen-bond donors (Lipinski definition) is 2. The van der Waals surface area contributed by atoms with Crippen molar-refractivity contribution >= 4 is 17.2 Å². The second-order valence-corrected chi connectivity index (χ2v) is 4.83. The number of thiazole rings is 1. The molecular weight excluding hydrogens is 222 g/mol. The molecule has 1 rings (SSSR count). The van der Waals surface area contributed by atoms with Crippen LogP contribution in [0.3, 0.4) is 0 Å². The number of nitrogens with zero attached hydrogens (tertiary/aromatic N) is 1. The minimum Gasteiger partial charge on any atom is -0.349 e. The fraction of sp³-hybridized carbons (Fsp3) is 0.636. The summed E-state index contributed by atoms with van der Waals surface area (Å²) in [5.74, 6) is -0.0520. The van der Waals surface area contributed by atoms with Crippen molar-refractivity contribution in [1.29, 1.82) is 0 Å². The van der Waals surface area contributed by atoms with Crippen LogP contribution in [0.25, 0.3) is 0 Å². The minimum atomic E-state index is -0.0781. The molecule has 1 aromatic rings. The molecule has 0 aromatic carbocycles. The molecule has 1 aromatic heterocycles. The highest BCUT2D eigenvalue weighted by Crippen LogP contribution is 2.13. The van der Waals surface area contributed by atoms with Crippen LogP contribution < -0.4 is 11.1 Å². The van der Waals surface area contributed by atoms with Crippen LogP contribution in [0, 0.1) is 5.92 Å². The van der Waals surface area contributed by atoms with Crippen molar-refractivity contribution in [3.8, 4) is 0 Å². The molecule has 1 atom stereocenters. The zero-order valence-corrected chi connectivity index (χ0v) is 10.6. The number of aromatic nitrogens is 1. The number of nitrogens with two attached hydrogens (primary N) is 1. The van der Waals surface area contributed by atoms with E-state index < -0.39 is 0 Å². The highest BCUT2D eigenvalue weighted by Gasteiger charge is 2.14. The van der Waals surface area contributed by atoms with Crippen LogP contribution in [-0.4, -0.2) is 17.4 Å². The molecule has 0 fully saturated rings. The van der Waals surface area contributed by atoms with Gasteiger partial charge >= 0.3 is 0 Å². The van der Waals surface area contributed by atoms with E-state index in [-0.39, 0.29) is 11.8 Å². The molecule has 0 radical (unpaired) electrons. The maximum atomic E-state index is 11.6. The number of hydrogen-bond acceptors (Lipinski definition) is 4. The van der Waals surface area contributed by atoms with Crippen LogP contribution in [0.5, 0.6) is 0 Å². The third kappa shape index (κ3) is 3.57. The van der Waals surface area contributed by atoms with Gasteiger partial charge in [0.2, 0.25) is 5.91 Å². The van der Waals surface area contributed by atoms with Crippen molar-refractivity contribution in [2.45, 2.75) is 33.2 Å². The van der Waals surface area contributed by atoms with Gasteiger partial charge in [0.25, 0.3) is 0 Å². The monoisotopic (exact) mass is 241 g/mol. The van der Waals surface area contributed by atoms with E-state index in [1.54, 1.807) is 11.3 Å². The number of aryl methyl sites for hydroxylation is 1. The number of nitrogens with one attached hydrogen (secondary N) is 1. The summed E-state index contributed by atoms with van der Waals surface area (Å²) in [6.45, 7) is 4.98. The van der Waals surface area contributed by atoms with E-state index in [2.05, 4.69) is 17.2 Å². The smallest absolute Gasteiger partial charge is 0.224 e. The van der Waals surface area contributed by atoms with Crippen molar-refractivity contribution in [1.82, 2.24) is 10.3 Å². The van der Waals surface area contributed by atoms with E-state index in [1.165, 1.54) is 4.88 Å². The lowest BCUT2D eigenvalue weighted by molar-refractivity contribution is -0.124. The van der Waals surface area contributed by atoms with Crippen molar-refractivity contribution in [3.05, 3.63) is 16.1 Å². The highest BCUT2D eigenvalue weighted by atomic mass is 32.1. The van der Waals surface area contributed by atoms with Crippen molar-refractivity contribution in [2.75, 3.05) is 6.54 Å². The molecule has 16 heavy (non-hydrogen) atoms. The van der Waals surface area contributed by atoms with E-state index in [4.69, 9.17) is 5.73 Å². The SMILES string of the molecule is CCc1cnc(CNC(=O)C(CC)CN)s1. The van der Waals surface area contributed by atoms with Crippen LogP contribution in [-0.2, 0) is 17.8 Å². The Morgan fingerprint density at radius 2 is 2.38 bits per heavy atom. The molecule has 0 saturated heterocycles. The summed E-state index contributed by atoms with van der Waals surface area (Å²) in [6, 6.07) is 0. The van der Waals surface area contributed by atoms with Crippen molar-refractivity contribution in [3.63, 3.8) is 0 Å². The standard InChI is InChI=1S/C11H19N3OS/c1-3-8(5-12)11(15)14-7-10-13-6-9(4-2)16-10/h6,8H,3-5,7,12H2,1-2H3,(H,14,15). The molecule has 4 nitrogen and oxygen atoms in total. The molecule has 3 N–H and O–H groups in total. The molecule has 0 aliphatic rings. The van der Waals surface area contributed by atoms with Gasteiger partial charge in [-0.15, -0.1) is 11.3 Å². The van der Waals surface area contributed by atoms with E-state index in [0.29, 0.717) is 13.1 Å². The summed E-state index contributed by atoms with van der Waals surface area (Å²) >= 11 is 1.64. The predicted octanol–water partition coefficient (Wildman–Crippen LogP) is 1.31.